The fourth-order valence-electron chi connectivity index (χ4n) is 2.11. The van der Waals surface area contributed by atoms with Crippen LogP contribution in [0.5, 0.6) is 0 Å². The SMILES string of the molecule is CC(=O)C1CCN(C2COC2)CC1. The van der Waals surface area contributed by atoms with Gasteiger partial charge in [-0.3, -0.25) is 9.69 Å². The minimum atomic E-state index is 0.331. The molecule has 2 saturated heterocycles. The van der Waals surface area contributed by atoms with Crippen LogP contribution in [0.2, 0.25) is 0 Å². The van der Waals surface area contributed by atoms with Gasteiger partial charge in [-0.2, -0.15) is 0 Å². The maximum Gasteiger partial charge on any atom is 0.133 e. The molecule has 2 rings (SSSR count). The molecular weight excluding hydrogens is 166 g/mol. The summed E-state index contributed by atoms with van der Waals surface area (Å²) >= 11 is 0. The van der Waals surface area contributed by atoms with Crippen molar-refractivity contribution in [1.82, 2.24) is 4.90 Å². The van der Waals surface area contributed by atoms with E-state index < -0.39 is 0 Å². The number of piperidine rings is 1. The summed E-state index contributed by atoms with van der Waals surface area (Å²) in [4.78, 5) is 13.6. The molecule has 0 N–H and O–H groups in total. The Morgan fingerprint density at radius 1 is 1.31 bits per heavy atom. The van der Waals surface area contributed by atoms with Crippen LogP contribution in [0.4, 0.5) is 0 Å². The Hall–Kier alpha value is -0.410. The highest BCUT2D eigenvalue weighted by molar-refractivity contribution is 5.78. The molecule has 2 heterocycles. The molecule has 3 nitrogen and oxygen atoms in total. The van der Waals surface area contributed by atoms with Gasteiger partial charge in [-0.15, -0.1) is 0 Å². The standard InChI is InChI=1S/C10H17NO2/c1-8(12)9-2-4-11(5-3-9)10-6-13-7-10/h9-10H,2-7H2,1H3. The first-order valence-corrected chi connectivity index (χ1v) is 5.09. The average Bonchev–Trinajstić information content (AvgIpc) is 2.02. The molecular formula is C10H17NO2. The molecule has 0 atom stereocenters. The second kappa shape index (κ2) is 3.76. The molecule has 0 amide bonds. The summed E-state index contributed by atoms with van der Waals surface area (Å²) in [5.41, 5.74) is 0. The maximum absolute atomic E-state index is 11.1. The first-order chi connectivity index (χ1) is 6.27. The number of carbonyl (C=O) groups is 1. The Balaban J connectivity index is 1.78. The molecule has 3 heteroatoms. The van der Waals surface area contributed by atoms with E-state index in [2.05, 4.69) is 4.90 Å². The molecule has 0 aromatic rings. The van der Waals surface area contributed by atoms with Crippen LogP contribution < -0.4 is 0 Å². The fourth-order valence-corrected chi connectivity index (χ4v) is 2.11. The molecule has 13 heavy (non-hydrogen) atoms. The largest absolute Gasteiger partial charge is 0.378 e. The van der Waals surface area contributed by atoms with E-state index in [1.54, 1.807) is 6.92 Å². The predicted octanol–water partition coefficient (Wildman–Crippen LogP) is 0.686. The number of carbonyl (C=O) groups excluding carboxylic acids is 1. The number of Topliss-reactive ketones (excluding diaryl/α,β-unsaturated/α-hetero) is 1. The fraction of sp³-hybridized carbons (Fsp3) is 0.900. The van der Waals surface area contributed by atoms with E-state index in [0.29, 0.717) is 17.7 Å². The monoisotopic (exact) mass is 183 g/mol. The van der Waals surface area contributed by atoms with Gasteiger partial charge in [-0.05, 0) is 32.9 Å². The number of hydrogen-bond acceptors (Lipinski definition) is 3. The number of rotatable bonds is 2. The molecule has 0 bridgehead atoms. The van der Waals surface area contributed by atoms with E-state index in [1.165, 1.54) is 0 Å². The molecule has 2 fully saturated rings. The highest BCUT2D eigenvalue weighted by Gasteiger charge is 2.30. The lowest BCUT2D eigenvalue weighted by Gasteiger charge is -2.40. The molecule has 0 aromatic carbocycles. The van der Waals surface area contributed by atoms with E-state index in [0.717, 1.165) is 39.1 Å². The summed E-state index contributed by atoms with van der Waals surface area (Å²) in [6.45, 7) is 5.67. The van der Waals surface area contributed by atoms with E-state index in [1.807, 2.05) is 0 Å². The van der Waals surface area contributed by atoms with Gasteiger partial charge in [0.05, 0.1) is 19.3 Å². The zero-order valence-corrected chi connectivity index (χ0v) is 8.16. The van der Waals surface area contributed by atoms with Crippen molar-refractivity contribution >= 4 is 5.78 Å². The first kappa shape index (κ1) is 9.16. The molecule has 2 aliphatic rings. The van der Waals surface area contributed by atoms with Gasteiger partial charge in [0.15, 0.2) is 0 Å². The molecule has 0 aliphatic carbocycles. The van der Waals surface area contributed by atoms with Crippen LogP contribution in [0.25, 0.3) is 0 Å². The quantitative estimate of drug-likeness (QED) is 0.630. The molecule has 74 valence electrons. The lowest BCUT2D eigenvalue weighted by atomic mass is 9.92. The van der Waals surface area contributed by atoms with Gasteiger partial charge in [-0.25, -0.2) is 0 Å². The van der Waals surface area contributed by atoms with Gasteiger partial charge in [0, 0.05) is 5.92 Å². The van der Waals surface area contributed by atoms with Crippen molar-refractivity contribution in [3.8, 4) is 0 Å². The van der Waals surface area contributed by atoms with Crippen LogP contribution >= 0.6 is 0 Å². The van der Waals surface area contributed by atoms with Gasteiger partial charge in [0.1, 0.15) is 5.78 Å². The van der Waals surface area contributed by atoms with Gasteiger partial charge >= 0.3 is 0 Å². The normalized spacial score (nSPS) is 27.2. The first-order valence-electron chi connectivity index (χ1n) is 5.09. The zero-order valence-electron chi connectivity index (χ0n) is 8.16. The Labute approximate surface area is 79.0 Å². The number of ether oxygens (including phenoxy) is 1. The van der Waals surface area contributed by atoms with Crippen LogP contribution in [0.15, 0.2) is 0 Å². The Morgan fingerprint density at radius 2 is 1.92 bits per heavy atom. The topological polar surface area (TPSA) is 29.5 Å². The van der Waals surface area contributed by atoms with Crippen molar-refractivity contribution in [3.63, 3.8) is 0 Å². The molecule has 0 aromatic heterocycles. The summed E-state index contributed by atoms with van der Waals surface area (Å²) in [5.74, 6) is 0.696. The highest BCUT2D eigenvalue weighted by Crippen LogP contribution is 2.22. The zero-order chi connectivity index (χ0) is 9.26. The second-order valence-electron chi connectivity index (χ2n) is 4.11. The van der Waals surface area contributed by atoms with Gasteiger partial charge in [0.25, 0.3) is 0 Å². The third kappa shape index (κ3) is 1.92. The van der Waals surface area contributed by atoms with Crippen molar-refractivity contribution in [2.45, 2.75) is 25.8 Å². The highest BCUT2D eigenvalue weighted by atomic mass is 16.5. The Morgan fingerprint density at radius 3 is 2.31 bits per heavy atom. The van der Waals surface area contributed by atoms with Crippen LogP contribution in [0, 0.1) is 5.92 Å². The van der Waals surface area contributed by atoms with E-state index in [4.69, 9.17) is 4.74 Å². The van der Waals surface area contributed by atoms with Crippen LogP contribution in [0.1, 0.15) is 19.8 Å². The molecule has 0 unspecified atom stereocenters. The summed E-state index contributed by atoms with van der Waals surface area (Å²) in [6, 6.07) is 0.646. The number of likely N-dealkylation sites (tertiary alicyclic amines) is 1. The van der Waals surface area contributed by atoms with Crippen molar-refractivity contribution in [1.29, 1.82) is 0 Å². The number of hydrogen-bond donors (Lipinski definition) is 0. The number of ketones is 1. The van der Waals surface area contributed by atoms with Gasteiger partial charge in [-0.1, -0.05) is 0 Å². The second-order valence-corrected chi connectivity index (χ2v) is 4.11. The summed E-state index contributed by atoms with van der Waals surface area (Å²) < 4.78 is 5.15. The predicted molar refractivity (Wildman–Crippen MR) is 49.6 cm³/mol. The molecule has 0 radical (unpaired) electrons. The van der Waals surface area contributed by atoms with Crippen LogP contribution in [0.3, 0.4) is 0 Å². The van der Waals surface area contributed by atoms with E-state index >= 15 is 0 Å². The van der Waals surface area contributed by atoms with Crippen molar-refractivity contribution < 1.29 is 9.53 Å². The summed E-state index contributed by atoms with van der Waals surface area (Å²) in [6.07, 6.45) is 2.09. The minimum Gasteiger partial charge on any atom is -0.378 e. The average molecular weight is 183 g/mol. The smallest absolute Gasteiger partial charge is 0.133 e. The lowest BCUT2D eigenvalue weighted by Crippen LogP contribution is -2.52. The third-order valence-electron chi connectivity index (χ3n) is 3.24. The maximum atomic E-state index is 11.1. The van der Waals surface area contributed by atoms with Crippen molar-refractivity contribution in [2.24, 2.45) is 5.92 Å². The number of nitrogens with zero attached hydrogens (tertiary/aromatic N) is 1. The van der Waals surface area contributed by atoms with Crippen LogP contribution in [-0.4, -0.2) is 43.0 Å². The minimum absolute atomic E-state index is 0.331. The summed E-state index contributed by atoms with van der Waals surface area (Å²) in [7, 11) is 0. The lowest BCUT2D eigenvalue weighted by molar-refractivity contribution is -0.123. The van der Waals surface area contributed by atoms with Crippen molar-refractivity contribution in [3.05, 3.63) is 0 Å². The summed E-state index contributed by atoms with van der Waals surface area (Å²) in [5, 5.41) is 0. The van der Waals surface area contributed by atoms with Crippen molar-refractivity contribution in [2.75, 3.05) is 26.3 Å². The Bertz CT molecular complexity index is 193. The van der Waals surface area contributed by atoms with E-state index in [-0.39, 0.29) is 0 Å². The third-order valence-corrected chi connectivity index (χ3v) is 3.24. The molecule has 0 saturated carbocycles. The molecule has 0 spiro atoms. The Kier molecular flexibility index (Phi) is 2.65. The van der Waals surface area contributed by atoms with Gasteiger partial charge < -0.3 is 4.74 Å². The van der Waals surface area contributed by atoms with Crippen LogP contribution in [-0.2, 0) is 9.53 Å². The molecule has 2 aliphatic heterocycles. The van der Waals surface area contributed by atoms with E-state index in [9.17, 15) is 4.79 Å². The van der Waals surface area contributed by atoms with Gasteiger partial charge in [0.2, 0.25) is 0 Å².